The fourth-order valence-electron chi connectivity index (χ4n) is 1.60. The number of carbonyl (C=O) groups is 1. The highest BCUT2D eigenvalue weighted by molar-refractivity contribution is 6.44. The lowest BCUT2D eigenvalue weighted by Crippen LogP contribution is -2.21. The summed E-state index contributed by atoms with van der Waals surface area (Å²) in [5.74, 6) is -0.381. The van der Waals surface area contributed by atoms with Crippen molar-refractivity contribution in [2.45, 2.75) is 26.8 Å². The zero-order valence-electron chi connectivity index (χ0n) is 11.4. The van der Waals surface area contributed by atoms with Gasteiger partial charge < -0.3 is 10.1 Å². The van der Waals surface area contributed by atoms with Crippen LogP contribution in [0.25, 0.3) is 0 Å². The first-order valence-electron chi connectivity index (χ1n) is 6.12. The lowest BCUT2D eigenvalue weighted by atomic mass is 10.1. The Kier molecular flexibility index (Phi) is 5.36. The van der Waals surface area contributed by atoms with E-state index in [9.17, 15) is 4.79 Å². The van der Waals surface area contributed by atoms with E-state index in [2.05, 4.69) is 10.3 Å². The largest absolute Gasteiger partial charge is 0.461 e. The first-order valence-corrected chi connectivity index (χ1v) is 6.12. The molecular formula is C14H20N2O2. The average Bonchev–Trinajstić information content (AvgIpc) is 2.36. The molecular weight excluding hydrogens is 228 g/mol. The van der Waals surface area contributed by atoms with Crippen LogP contribution in [0.1, 0.15) is 26.3 Å². The van der Waals surface area contributed by atoms with E-state index in [1.165, 1.54) is 0 Å². The number of benzene rings is 1. The monoisotopic (exact) mass is 248 g/mol. The van der Waals surface area contributed by atoms with E-state index >= 15 is 0 Å². The number of rotatable bonds is 5. The van der Waals surface area contributed by atoms with Crippen LogP contribution in [0.15, 0.2) is 29.3 Å². The van der Waals surface area contributed by atoms with Crippen molar-refractivity contribution in [3.8, 4) is 0 Å². The molecule has 4 heteroatoms. The zero-order valence-corrected chi connectivity index (χ0v) is 11.4. The molecule has 0 aliphatic rings. The second-order valence-electron chi connectivity index (χ2n) is 4.09. The molecule has 0 aromatic heterocycles. The summed E-state index contributed by atoms with van der Waals surface area (Å²) in [4.78, 5) is 16.3. The molecule has 0 radical (unpaired) electrons. The van der Waals surface area contributed by atoms with E-state index < -0.39 is 0 Å². The van der Waals surface area contributed by atoms with Gasteiger partial charge in [-0.2, -0.15) is 0 Å². The Hall–Kier alpha value is -1.84. The third-order valence-corrected chi connectivity index (χ3v) is 2.31. The van der Waals surface area contributed by atoms with Gasteiger partial charge in [0.25, 0.3) is 0 Å². The molecule has 98 valence electrons. The first kappa shape index (κ1) is 14.2. The molecule has 0 unspecified atom stereocenters. The van der Waals surface area contributed by atoms with Crippen LogP contribution in [-0.2, 0) is 9.53 Å². The summed E-state index contributed by atoms with van der Waals surface area (Å²) >= 11 is 0. The molecule has 0 fully saturated rings. The highest BCUT2D eigenvalue weighted by atomic mass is 16.5. The number of ether oxygens (including phenoxy) is 1. The van der Waals surface area contributed by atoms with Crippen LogP contribution in [0, 0.1) is 0 Å². The molecule has 0 bridgehead atoms. The van der Waals surface area contributed by atoms with Gasteiger partial charge >= 0.3 is 5.97 Å². The minimum Gasteiger partial charge on any atom is -0.461 e. The lowest BCUT2D eigenvalue weighted by Gasteiger charge is -2.12. The van der Waals surface area contributed by atoms with E-state index in [0.29, 0.717) is 12.3 Å². The normalized spacial score (nSPS) is 11.5. The summed E-state index contributed by atoms with van der Waals surface area (Å²) in [5.41, 5.74) is 2.01. The second kappa shape index (κ2) is 6.79. The Bertz CT molecular complexity index is 439. The molecule has 0 saturated carbocycles. The molecule has 1 rings (SSSR count). The van der Waals surface area contributed by atoms with Gasteiger partial charge in [-0.15, -0.1) is 0 Å². The Morgan fingerprint density at radius 2 is 2.06 bits per heavy atom. The summed E-state index contributed by atoms with van der Waals surface area (Å²) < 4.78 is 5.06. The fourth-order valence-corrected chi connectivity index (χ4v) is 1.60. The topological polar surface area (TPSA) is 50.7 Å². The van der Waals surface area contributed by atoms with Gasteiger partial charge in [0, 0.05) is 24.3 Å². The molecule has 18 heavy (non-hydrogen) atoms. The predicted octanol–water partition coefficient (Wildman–Crippen LogP) is 2.49. The summed E-state index contributed by atoms with van der Waals surface area (Å²) in [6, 6.07) is 7.60. The number of para-hydroxylation sites is 1. The summed E-state index contributed by atoms with van der Waals surface area (Å²) in [6.45, 7) is 6.00. The Balaban J connectivity index is 3.22. The van der Waals surface area contributed by atoms with Crippen molar-refractivity contribution < 1.29 is 9.53 Å². The van der Waals surface area contributed by atoms with Gasteiger partial charge in [-0.05, 0) is 26.8 Å². The molecule has 1 aromatic carbocycles. The summed E-state index contributed by atoms with van der Waals surface area (Å²) in [5, 5.41) is 3.06. The van der Waals surface area contributed by atoms with E-state index in [4.69, 9.17) is 4.74 Å². The van der Waals surface area contributed by atoms with Crippen LogP contribution in [0.5, 0.6) is 0 Å². The quantitative estimate of drug-likeness (QED) is 0.643. The van der Waals surface area contributed by atoms with E-state index in [0.717, 1.165) is 11.3 Å². The van der Waals surface area contributed by atoms with E-state index in [1.807, 2.05) is 45.2 Å². The standard InChI is InChI=1S/C14H20N2O2/c1-5-18-14(17)13(16-10(2)3)11-8-6-7-9-12(11)15-4/h6-10,15H,5H2,1-4H3. The third kappa shape index (κ3) is 3.58. The zero-order chi connectivity index (χ0) is 13.5. The maximum absolute atomic E-state index is 12.0. The predicted molar refractivity (Wildman–Crippen MR) is 74.3 cm³/mol. The molecule has 0 aliphatic carbocycles. The molecule has 4 nitrogen and oxygen atoms in total. The van der Waals surface area contributed by atoms with Crippen LogP contribution >= 0.6 is 0 Å². The van der Waals surface area contributed by atoms with Crippen LogP contribution in [0.3, 0.4) is 0 Å². The number of carbonyl (C=O) groups excluding carboxylic acids is 1. The van der Waals surface area contributed by atoms with E-state index in [1.54, 1.807) is 6.92 Å². The smallest absolute Gasteiger partial charge is 0.357 e. The molecule has 1 N–H and O–H groups in total. The van der Waals surface area contributed by atoms with Crippen molar-refractivity contribution in [1.82, 2.24) is 0 Å². The minimum atomic E-state index is -0.381. The highest BCUT2D eigenvalue weighted by Crippen LogP contribution is 2.17. The Morgan fingerprint density at radius 3 is 2.61 bits per heavy atom. The Morgan fingerprint density at radius 1 is 1.39 bits per heavy atom. The number of nitrogens with zero attached hydrogens (tertiary/aromatic N) is 1. The summed E-state index contributed by atoms with van der Waals surface area (Å²) in [6.07, 6.45) is 0. The number of hydrogen-bond acceptors (Lipinski definition) is 4. The maximum Gasteiger partial charge on any atom is 0.357 e. The van der Waals surface area contributed by atoms with Gasteiger partial charge in [0.15, 0.2) is 5.71 Å². The Labute approximate surface area is 108 Å². The van der Waals surface area contributed by atoms with Gasteiger partial charge in [0.2, 0.25) is 0 Å². The number of esters is 1. The van der Waals surface area contributed by atoms with Gasteiger partial charge in [0.1, 0.15) is 0 Å². The van der Waals surface area contributed by atoms with Gasteiger partial charge in [-0.1, -0.05) is 18.2 Å². The molecule has 0 amide bonds. The average molecular weight is 248 g/mol. The van der Waals surface area contributed by atoms with E-state index in [-0.39, 0.29) is 12.0 Å². The van der Waals surface area contributed by atoms with Crippen molar-refractivity contribution in [3.05, 3.63) is 29.8 Å². The van der Waals surface area contributed by atoms with Crippen LogP contribution in [0.4, 0.5) is 5.69 Å². The molecule has 0 aliphatic heterocycles. The second-order valence-corrected chi connectivity index (χ2v) is 4.09. The molecule has 0 heterocycles. The lowest BCUT2D eigenvalue weighted by molar-refractivity contribution is -0.134. The maximum atomic E-state index is 12.0. The number of anilines is 1. The van der Waals surface area contributed by atoms with Crippen molar-refractivity contribution >= 4 is 17.4 Å². The van der Waals surface area contributed by atoms with Crippen LogP contribution < -0.4 is 5.32 Å². The molecule has 0 atom stereocenters. The minimum absolute atomic E-state index is 0.0364. The third-order valence-electron chi connectivity index (χ3n) is 2.31. The highest BCUT2D eigenvalue weighted by Gasteiger charge is 2.18. The SMILES string of the molecule is CCOC(=O)C(=NC(C)C)c1ccccc1NC. The fraction of sp³-hybridized carbons (Fsp3) is 0.429. The number of aliphatic imine (C=N–C) groups is 1. The van der Waals surface area contributed by atoms with Crippen LogP contribution in [0.2, 0.25) is 0 Å². The van der Waals surface area contributed by atoms with Gasteiger partial charge in [-0.25, -0.2) is 4.79 Å². The summed E-state index contributed by atoms with van der Waals surface area (Å²) in [7, 11) is 1.82. The first-order chi connectivity index (χ1) is 8.60. The number of hydrogen-bond donors (Lipinski definition) is 1. The van der Waals surface area contributed by atoms with Crippen molar-refractivity contribution in [1.29, 1.82) is 0 Å². The van der Waals surface area contributed by atoms with Crippen molar-refractivity contribution in [2.24, 2.45) is 4.99 Å². The van der Waals surface area contributed by atoms with Gasteiger partial charge in [-0.3, -0.25) is 4.99 Å². The molecule has 0 saturated heterocycles. The van der Waals surface area contributed by atoms with Gasteiger partial charge in [0.05, 0.1) is 6.61 Å². The van der Waals surface area contributed by atoms with Crippen LogP contribution in [-0.4, -0.2) is 31.4 Å². The van der Waals surface area contributed by atoms with Crippen molar-refractivity contribution in [3.63, 3.8) is 0 Å². The van der Waals surface area contributed by atoms with Crippen molar-refractivity contribution in [2.75, 3.05) is 19.0 Å². The number of nitrogens with one attached hydrogen (secondary N) is 1. The molecule has 0 spiro atoms. The molecule has 1 aromatic rings.